The fourth-order valence-corrected chi connectivity index (χ4v) is 3.12. The first-order valence-electron chi connectivity index (χ1n) is 8.75. The van der Waals surface area contributed by atoms with E-state index in [4.69, 9.17) is 0 Å². The number of anilines is 2. The Balaban J connectivity index is 1.45. The molecule has 0 aromatic heterocycles. The molecule has 3 rings (SSSR count). The number of rotatable bonds is 6. The summed E-state index contributed by atoms with van der Waals surface area (Å²) >= 11 is 0. The van der Waals surface area contributed by atoms with E-state index in [1.807, 2.05) is 12.1 Å². The summed E-state index contributed by atoms with van der Waals surface area (Å²) < 4.78 is 0. The van der Waals surface area contributed by atoms with Crippen LogP contribution in [0.2, 0.25) is 0 Å². The molecule has 0 bridgehead atoms. The van der Waals surface area contributed by atoms with Gasteiger partial charge in [-0.15, -0.1) is 0 Å². The summed E-state index contributed by atoms with van der Waals surface area (Å²) in [5.41, 5.74) is 2.00. The van der Waals surface area contributed by atoms with Crippen LogP contribution in [0, 0.1) is 0 Å². The van der Waals surface area contributed by atoms with Gasteiger partial charge in [0.05, 0.1) is 0 Å². The average molecular weight is 330 g/mol. The van der Waals surface area contributed by atoms with E-state index in [1.165, 1.54) is 25.5 Å². The fraction of sp³-hybridized carbons (Fsp3) is 0.556. The van der Waals surface area contributed by atoms with Gasteiger partial charge in [-0.1, -0.05) is 0 Å². The Hall–Kier alpha value is -2.08. The van der Waals surface area contributed by atoms with Gasteiger partial charge in [0, 0.05) is 63.5 Å². The molecule has 1 aromatic rings. The number of piperazine rings is 1. The first-order chi connectivity index (χ1) is 11.6. The molecule has 2 aliphatic rings. The van der Waals surface area contributed by atoms with Crippen LogP contribution in [0.5, 0.6) is 0 Å². The van der Waals surface area contributed by atoms with E-state index in [2.05, 4.69) is 32.6 Å². The van der Waals surface area contributed by atoms with E-state index in [9.17, 15) is 9.59 Å². The van der Waals surface area contributed by atoms with Gasteiger partial charge in [-0.3, -0.25) is 14.5 Å². The van der Waals surface area contributed by atoms with Crippen LogP contribution in [0.1, 0.15) is 26.2 Å². The number of carbonyl (C=O) groups is 2. The van der Waals surface area contributed by atoms with E-state index in [1.54, 1.807) is 0 Å². The van der Waals surface area contributed by atoms with E-state index in [0.717, 1.165) is 37.9 Å². The van der Waals surface area contributed by atoms with Gasteiger partial charge in [-0.2, -0.15) is 0 Å². The third kappa shape index (κ3) is 4.71. The first kappa shape index (κ1) is 16.8. The summed E-state index contributed by atoms with van der Waals surface area (Å²) in [5, 5.41) is 5.48. The molecule has 0 radical (unpaired) electrons. The third-order valence-corrected chi connectivity index (χ3v) is 4.62. The zero-order chi connectivity index (χ0) is 16.9. The predicted molar refractivity (Wildman–Crippen MR) is 95.2 cm³/mol. The van der Waals surface area contributed by atoms with E-state index >= 15 is 0 Å². The monoisotopic (exact) mass is 330 g/mol. The van der Waals surface area contributed by atoms with Gasteiger partial charge in [0.15, 0.2) is 0 Å². The molecule has 1 saturated heterocycles. The summed E-state index contributed by atoms with van der Waals surface area (Å²) in [6.07, 6.45) is 3.02. The van der Waals surface area contributed by atoms with Crippen molar-refractivity contribution in [2.45, 2.75) is 32.2 Å². The molecule has 6 nitrogen and oxygen atoms in total. The van der Waals surface area contributed by atoms with Crippen LogP contribution in [-0.2, 0) is 9.59 Å². The van der Waals surface area contributed by atoms with Crippen LogP contribution < -0.4 is 15.5 Å². The molecule has 1 heterocycles. The Bertz CT molecular complexity index is 575. The van der Waals surface area contributed by atoms with Crippen molar-refractivity contribution in [1.29, 1.82) is 0 Å². The molecule has 1 aliphatic heterocycles. The Morgan fingerprint density at radius 3 is 2.33 bits per heavy atom. The highest BCUT2D eigenvalue weighted by Gasteiger charge is 2.31. The van der Waals surface area contributed by atoms with Crippen molar-refractivity contribution in [1.82, 2.24) is 10.2 Å². The maximum absolute atomic E-state index is 11.8. The minimum absolute atomic E-state index is 0.0884. The molecule has 1 saturated carbocycles. The quantitative estimate of drug-likeness (QED) is 0.828. The number of nitrogens with one attached hydrogen (secondary N) is 2. The largest absolute Gasteiger partial charge is 0.369 e. The third-order valence-electron chi connectivity index (χ3n) is 4.62. The van der Waals surface area contributed by atoms with Crippen LogP contribution in [0.4, 0.5) is 11.4 Å². The zero-order valence-electron chi connectivity index (χ0n) is 14.3. The minimum atomic E-state index is -0.117. The van der Waals surface area contributed by atoms with Crippen molar-refractivity contribution in [3.05, 3.63) is 24.3 Å². The summed E-state index contributed by atoms with van der Waals surface area (Å²) in [6.45, 7) is 6.24. The second-order valence-electron chi connectivity index (χ2n) is 6.58. The summed E-state index contributed by atoms with van der Waals surface area (Å²) in [7, 11) is 0. The van der Waals surface area contributed by atoms with Gasteiger partial charge < -0.3 is 15.5 Å². The molecule has 2 N–H and O–H groups in total. The topological polar surface area (TPSA) is 64.7 Å². The van der Waals surface area contributed by atoms with E-state index in [0.29, 0.717) is 6.54 Å². The number of nitrogens with zero attached hydrogens (tertiary/aromatic N) is 2. The highest BCUT2D eigenvalue weighted by Crippen LogP contribution is 2.28. The molecule has 0 spiro atoms. The maximum Gasteiger partial charge on any atom is 0.226 e. The number of amides is 2. The van der Waals surface area contributed by atoms with Gasteiger partial charge in [0.25, 0.3) is 0 Å². The lowest BCUT2D eigenvalue weighted by Gasteiger charge is -2.36. The summed E-state index contributed by atoms with van der Waals surface area (Å²) in [6, 6.07) is 8.87. The highest BCUT2D eigenvalue weighted by atomic mass is 16.2. The molecule has 0 atom stereocenters. The van der Waals surface area contributed by atoms with E-state index in [-0.39, 0.29) is 18.2 Å². The second kappa shape index (κ2) is 7.66. The lowest BCUT2D eigenvalue weighted by atomic mass is 10.2. The first-order valence-corrected chi connectivity index (χ1v) is 8.75. The molecule has 0 unspecified atom stereocenters. The highest BCUT2D eigenvalue weighted by molar-refractivity contribution is 5.91. The van der Waals surface area contributed by atoms with Crippen molar-refractivity contribution in [3.63, 3.8) is 0 Å². The molecule has 1 aliphatic carbocycles. The van der Waals surface area contributed by atoms with Crippen LogP contribution >= 0.6 is 0 Å². The number of hydrogen-bond donors (Lipinski definition) is 2. The molecule has 6 heteroatoms. The summed E-state index contributed by atoms with van der Waals surface area (Å²) in [5.74, 6) is -0.205. The Labute approximate surface area is 143 Å². The lowest BCUT2D eigenvalue weighted by molar-refractivity contribution is -0.119. The fourth-order valence-electron chi connectivity index (χ4n) is 3.12. The number of carbonyl (C=O) groups excluding carboxylic acids is 2. The lowest BCUT2D eigenvalue weighted by Crippen LogP contribution is -2.47. The molecule has 24 heavy (non-hydrogen) atoms. The Morgan fingerprint density at radius 1 is 1.08 bits per heavy atom. The van der Waals surface area contributed by atoms with Crippen molar-refractivity contribution in [2.24, 2.45) is 0 Å². The normalized spacial score (nSPS) is 18.3. The Morgan fingerprint density at radius 2 is 1.75 bits per heavy atom. The molecular weight excluding hydrogens is 304 g/mol. The summed E-state index contributed by atoms with van der Waals surface area (Å²) in [4.78, 5) is 27.6. The Kier molecular flexibility index (Phi) is 5.35. The molecule has 1 aromatic carbocycles. The number of hydrogen-bond acceptors (Lipinski definition) is 4. The van der Waals surface area contributed by atoms with Crippen LogP contribution in [0.3, 0.4) is 0 Å². The predicted octanol–water partition coefficient (Wildman–Crippen LogP) is 1.44. The number of benzene rings is 1. The molecule has 2 fully saturated rings. The molecule has 2 amide bonds. The standard InChI is InChI=1S/C18H26N4O2/c1-14(23)19-9-8-18(24)20-15-2-4-16(5-3-15)21-10-12-22(13-11-21)17-6-7-17/h2-5,17H,6-13H2,1H3,(H,19,23)(H,20,24). The van der Waals surface area contributed by atoms with Crippen molar-refractivity contribution < 1.29 is 9.59 Å². The SMILES string of the molecule is CC(=O)NCCC(=O)Nc1ccc(N2CCN(C3CC3)CC2)cc1. The van der Waals surface area contributed by atoms with Crippen molar-refractivity contribution in [3.8, 4) is 0 Å². The van der Waals surface area contributed by atoms with Crippen LogP contribution in [0.25, 0.3) is 0 Å². The molecule has 130 valence electrons. The average Bonchev–Trinajstić information content (AvgIpc) is 3.40. The van der Waals surface area contributed by atoms with Gasteiger partial charge in [0.2, 0.25) is 11.8 Å². The van der Waals surface area contributed by atoms with E-state index < -0.39 is 0 Å². The van der Waals surface area contributed by atoms with Crippen LogP contribution in [0.15, 0.2) is 24.3 Å². The van der Waals surface area contributed by atoms with Gasteiger partial charge in [0.1, 0.15) is 0 Å². The van der Waals surface area contributed by atoms with Gasteiger partial charge in [-0.05, 0) is 37.1 Å². The van der Waals surface area contributed by atoms with Gasteiger partial charge >= 0.3 is 0 Å². The van der Waals surface area contributed by atoms with Crippen molar-refractivity contribution >= 4 is 23.2 Å². The van der Waals surface area contributed by atoms with Crippen LogP contribution in [-0.4, -0.2) is 55.5 Å². The molecular formula is C18H26N4O2. The van der Waals surface area contributed by atoms with Gasteiger partial charge in [-0.25, -0.2) is 0 Å². The zero-order valence-corrected chi connectivity index (χ0v) is 14.3. The minimum Gasteiger partial charge on any atom is -0.369 e. The van der Waals surface area contributed by atoms with Crippen molar-refractivity contribution in [2.75, 3.05) is 42.9 Å². The smallest absolute Gasteiger partial charge is 0.226 e. The second-order valence-corrected chi connectivity index (χ2v) is 6.58. The maximum atomic E-state index is 11.8.